The van der Waals surface area contributed by atoms with Crippen molar-refractivity contribution in [3.05, 3.63) is 41.0 Å². The van der Waals surface area contributed by atoms with E-state index in [1.165, 1.54) is 9.80 Å². The lowest BCUT2D eigenvalue weighted by molar-refractivity contribution is -0.145. The van der Waals surface area contributed by atoms with Crippen LogP contribution in [-0.4, -0.2) is 111 Å². The molecule has 3 aliphatic heterocycles. The third kappa shape index (κ3) is 6.68. The Balaban J connectivity index is 1.16. The van der Waals surface area contributed by atoms with Gasteiger partial charge in [-0.25, -0.2) is 9.78 Å². The summed E-state index contributed by atoms with van der Waals surface area (Å²) < 4.78 is 0. The molecule has 13 heteroatoms. The maximum Gasteiger partial charge on any atom is 0.407 e. The molecular weight excluding hydrogens is 572 g/mol. The molecule has 0 unspecified atom stereocenters. The van der Waals surface area contributed by atoms with Gasteiger partial charge in [-0.2, -0.15) is 0 Å². The van der Waals surface area contributed by atoms with Crippen molar-refractivity contribution in [2.24, 2.45) is 10.8 Å². The fourth-order valence-electron chi connectivity index (χ4n) is 6.30. The number of hydrogen-bond donors (Lipinski definition) is 4. The Morgan fingerprint density at radius 2 is 1.79 bits per heavy atom. The zero-order valence-electron chi connectivity index (χ0n) is 25.0. The van der Waals surface area contributed by atoms with E-state index in [2.05, 4.69) is 15.6 Å². The molecule has 0 radical (unpaired) electrons. The Bertz CT molecular complexity index is 1370. The van der Waals surface area contributed by atoms with Gasteiger partial charge in [-0.05, 0) is 23.5 Å². The number of nitrogens with zero attached hydrogens (tertiary/aromatic N) is 4. The molecule has 5 rings (SSSR count). The average Bonchev–Trinajstić information content (AvgIpc) is 3.50. The van der Waals surface area contributed by atoms with Crippen molar-refractivity contribution in [1.82, 2.24) is 30.3 Å². The third-order valence-corrected chi connectivity index (χ3v) is 9.50. The molecule has 3 fully saturated rings. The quantitative estimate of drug-likeness (QED) is 0.350. The number of thiazole rings is 1. The number of amides is 4. The molecule has 3 atom stereocenters. The van der Waals surface area contributed by atoms with Gasteiger partial charge < -0.3 is 30.6 Å². The molecule has 0 saturated carbocycles. The van der Waals surface area contributed by atoms with Gasteiger partial charge in [-0.1, -0.05) is 45.0 Å². The van der Waals surface area contributed by atoms with Crippen LogP contribution in [0.25, 0.3) is 10.4 Å². The summed E-state index contributed by atoms with van der Waals surface area (Å²) in [5.41, 5.74) is 4.02. The fourth-order valence-corrected chi connectivity index (χ4v) is 7.11. The minimum atomic E-state index is -0.927. The van der Waals surface area contributed by atoms with Crippen LogP contribution in [0.1, 0.15) is 38.4 Å². The number of aromatic nitrogens is 1. The topological polar surface area (TPSA) is 155 Å². The molecule has 43 heavy (non-hydrogen) atoms. The van der Waals surface area contributed by atoms with Crippen LogP contribution in [0.3, 0.4) is 0 Å². The Kier molecular flexibility index (Phi) is 8.52. The number of aliphatic hydroxyl groups excluding tert-OH is 1. The highest BCUT2D eigenvalue weighted by molar-refractivity contribution is 7.13. The predicted molar refractivity (Wildman–Crippen MR) is 160 cm³/mol. The van der Waals surface area contributed by atoms with E-state index in [1.54, 1.807) is 11.3 Å². The number of nitrogens with one attached hydrogen (secondary N) is 2. The van der Waals surface area contributed by atoms with E-state index in [4.69, 9.17) is 5.11 Å². The van der Waals surface area contributed by atoms with Crippen molar-refractivity contribution in [3.63, 3.8) is 0 Å². The largest absolute Gasteiger partial charge is 0.465 e. The normalized spacial score (nSPS) is 22.1. The number of aryl methyl sites for hydroxylation is 1. The highest BCUT2D eigenvalue weighted by atomic mass is 32.1. The van der Waals surface area contributed by atoms with Gasteiger partial charge in [0, 0.05) is 51.1 Å². The van der Waals surface area contributed by atoms with Crippen LogP contribution in [0, 0.1) is 17.8 Å². The molecule has 4 heterocycles. The van der Waals surface area contributed by atoms with E-state index in [1.807, 2.05) is 62.4 Å². The number of β-amino-alcohol motifs (C(OH)–C–C–N with tert-alkyl or cyclic N) is 1. The van der Waals surface area contributed by atoms with E-state index in [-0.39, 0.29) is 43.3 Å². The van der Waals surface area contributed by atoms with Crippen LogP contribution < -0.4 is 10.6 Å². The number of carbonyl (C=O) groups excluding carboxylic acids is 3. The molecule has 3 saturated heterocycles. The number of carboxylic acid groups (broad SMARTS) is 1. The minimum absolute atomic E-state index is 0.0109. The number of benzene rings is 1. The third-order valence-electron chi connectivity index (χ3n) is 8.52. The number of hydrogen-bond acceptors (Lipinski definition) is 8. The van der Waals surface area contributed by atoms with Crippen molar-refractivity contribution < 1.29 is 29.4 Å². The second-order valence-corrected chi connectivity index (χ2v) is 14.1. The SMILES string of the molecule is Cc1ncsc1-c1ccc(CNC(=O)[C@@H]2C[C@@H](O)CN2C(=O)[C@@H](NC(=O)CN2CC3(C2)CN(C(=O)O)C3)C(C)(C)C)cc1. The molecule has 0 bridgehead atoms. The van der Waals surface area contributed by atoms with Crippen molar-refractivity contribution in [1.29, 1.82) is 0 Å². The summed E-state index contributed by atoms with van der Waals surface area (Å²) in [6.45, 7) is 10.1. The Hall–Kier alpha value is -3.55. The van der Waals surface area contributed by atoms with Crippen molar-refractivity contribution in [3.8, 4) is 10.4 Å². The summed E-state index contributed by atoms with van der Waals surface area (Å²) in [5, 5.41) is 25.3. The molecule has 1 aromatic carbocycles. The predicted octanol–water partition coefficient (Wildman–Crippen LogP) is 1.52. The zero-order valence-corrected chi connectivity index (χ0v) is 25.8. The van der Waals surface area contributed by atoms with Gasteiger partial charge in [-0.15, -0.1) is 11.3 Å². The first-order valence-corrected chi connectivity index (χ1v) is 15.4. The molecule has 0 aliphatic carbocycles. The lowest BCUT2D eigenvalue weighted by atomic mass is 9.73. The molecule has 1 spiro atoms. The lowest BCUT2D eigenvalue weighted by Crippen LogP contribution is -2.73. The lowest BCUT2D eigenvalue weighted by Gasteiger charge is -2.59. The summed E-state index contributed by atoms with van der Waals surface area (Å²) in [5.74, 6) is -1.07. The average molecular weight is 613 g/mol. The van der Waals surface area contributed by atoms with Crippen LogP contribution >= 0.6 is 11.3 Å². The Morgan fingerprint density at radius 1 is 1.12 bits per heavy atom. The van der Waals surface area contributed by atoms with Gasteiger partial charge in [0.2, 0.25) is 17.7 Å². The molecule has 4 N–H and O–H groups in total. The van der Waals surface area contributed by atoms with Gasteiger partial charge in [0.05, 0.1) is 28.7 Å². The molecule has 4 amide bonds. The molecule has 232 valence electrons. The monoisotopic (exact) mass is 612 g/mol. The van der Waals surface area contributed by atoms with Crippen LogP contribution in [0.4, 0.5) is 4.79 Å². The van der Waals surface area contributed by atoms with Crippen LogP contribution in [0.2, 0.25) is 0 Å². The second kappa shape index (κ2) is 11.9. The van der Waals surface area contributed by atoms with Gasteiger partial charge in [-0.3, -0.25) is 19.3 Å². The van der Waals surface area contributed by atoms with Gasteiger partial charge >= 0.3 is 6.09 Å². The first-order valence-electron chi connectivity index (χ1n) is 14.5. The number of rotatable bonds is 8. The highest BCUT2D eigenvalue weighted by Gasteiger charge is 2.53. The molecular formula is C30H40N6O6S. The van der Waals surface area contributed by atoms with E-state index >= 15 is 0 Å². The number of aliphatic hydroxyl groups is 1. The van der Waals surface area contributed by atoms with E-state index in [0.29, 0.717) is 26.2 Å². The first-order chi connectivity index (χ1) is 20.2. The van der Waals surface area contributed by atoms with Crippen molar-refractivity contribution in [2.45, 2.75) is 58.8 Å². The van der Waals surface area contributed by atoms with Crippen molar-refractivity contribution in [2.75, 3.05) is 39.3 Å². The molecule has 2 aromatic rings. The first kappa shape index (κ1) is 30.9. The molecule has 3 aliphatic rings. The van der Waals surface area contributed by atoms with E-state index in [0.717, 1.165) is 21.7 Å². The zero-order chi connectivity index (χ0) is 31.1. The van der Waals surface area contributed by atoms with E-state index < -0.39 is 35.6 Å². The summed E-state index contributed by atoms with van der Waals surface area (Å²) in [6, 6.07) is 6.12. The number of likely N-dealkylation sites (tertiary alicyclic amines) is 3. The maximum atomic E-state index is 13.8. The standard InChI is InChI=1S/C30H40N6O6S/c1-18-24(43-17-32-18)20-7-5-19(6-8-20)10-31-26(39)22-9-21(37)11-36(22)27(40)25(29(2,3)4)33-23(38)12-34-13-30(14-34)15-35(16-30)28(41)42/h5-8,17,21-22,25,37H,9-16H2,1-4H3,(H,31,39)(H,33,38)(H,41,42)/t21-,22+,25-/m1/s1. The van der Waals surface area contributed by atoms with Crippen LogP contribution in [0.5, 0.6) is 0 Å². The van der Waals surface area contributed by atoms with Crippen LogP contribution in [-0.2, 0) is 20.9 Å². The summed E-state index contributed by atoms with van der Waals surface area (Å²) in [4.78, 5) is 61.2. The highest BCUT2D eigenvalue weighted by Crippen LogP contribution is 2.39. The minimum Gasteiger partial charge on any atom is -0.465 e. The second-order valence-electron chi connectivity index (χ2n) is 13.2. The van der Waals surface area contributed by atoms with Gasteiger partial charge in [0.25, 0.3) is 0 Å². The summed E-state index contributed by atoms with van der Waals surface area (Å²) >= 11 is 1.57. The Labute approximate surface area is 255 Å². The van der Waals surface area contributed by atoms with Gasteiger partial charge in [0.1, 0.15) is 12.1 Å². The number of carbonyl (C=O) groups is 4. The van der Waals surface area contributed by atoms with Crippen LogP contribution in [0.15, 0.2) is 29.8 Å². The molecule has 12 nitrogen and oxygen atoms in total. The summed E-state index contributed by atoms with van der Waals surface area (Å²) in [6.07, 6.45) is -1.65. The van der Waals surface area contributed by atoms with E-state index in [9.17, 15) is 24.3 Å². The smallest absolute Gasteiger partial charge is 0.407 e. The maximum absolute atomic E-state index is 13.8. The Morgan fingerprint density at radius 3 is 2.37 bits per heavy atom. The van der Waals surface area contributed by atoms with Crippen molar-refractivity contribution >= 4 is 35.2 Å². The fraction of sp³-hybridized carbons (Fsp3) is 0.567. The summed E-state index contributed by atoms with van der Waals surface area (Å²) in [7, 11) is 0. The van der Waals surface area contributed by atoms with Gasteiger partial charge in [0.15, 0.2) is 0 Å². The molecule has 1 aromatic heterocycles.